The van der Waals surface area contributed by atoms with E-state index >= 15 is 0 Å². The van der Waals surface area contributed by atoms with Crippen LogP contribution in [0.3, 0.4) is 0 Å². The third-order valence-electron chi connectivity index (χ3n) is 4.16. The van der Waals surface area contributed by atoms with Crippen LogP contribution in [0, 0.1) is 6.92 Å². The van der Waals surface area contributed by atoms with Crippen molar-refractivity contribution in [3.63, 3.8) is 0 Å². The van der Waals surface area contributed by atoms with Gasteiger partial charge < -0.3 is 15.1 Å². The van der Waals surface area contributed by atoms with Gasteiger partial charge in [-0.1, -0.05) is 25.1 Å². The Bertz CT molecular complexity index is 930. The fraction of sp³-hybridized carbons (Fsp3) is 0.286. The third-order valence-corrected chi connectivity index (χ3v) is 5.01. The number of anilines is 1. The Balaban J connectivity index is 1.51. The SMILES string of the molecule is CCCC(=O)Nc1ccc(CNC(=O)Cc2nc(-c3cccs3)oc2C)cc1. The summed E-state index contributed by atoms with van der Waals surface area (Å²) in [5, 5.41) is 7.70. The maximum atomic E-state index is 12.3. The van der Waals surface area contributed by atoms with Crippen molar-refractivity contribution in [2.24, 2.45) is 0 Å². The molecule has 2 aromatic heterocycles. The molecule has 0 aliphatic heterocycles. The Hall–Kier alpha value is -2.93. The zero-order valence-electron chi connectivity index (χ0n) is 16.0. The van der Waals surface area contributed by atoms with Crippen molar-refractivity contribution in [3.05, 3.63) is 58.8 Å². The van der Waals surface area contributed by atoms with Crippen LogP contribution in [0.2, 0.25) is 0 Å². The molecule has 1 aromatic carbocycles. The monoisotopic (exact) mass is 397 g/mol. The van der Waals surface area contributed by atoms with E-state index in [-0.39, 0.29) is 18.2 Å². The van der Waals surface area contributed by atoms with Crippen LogP contribution in [-0.2, 0) is 22.6 Å². The summed E-state index contributed by atoms with van der Waals surface area (Å²) in [5.74, 6) is 1.10. The van der Waals surface area contributed by atoms with E-state index in [2.05, 4.69) is 15.6 Å². The summed E-state index contributed by atoms with van der Waals surface area (Å²) in [6.45, 7) is 4.20. The number of thiophene rings is 1. The average Bonchev–Trinajstić information content (AvgIpc) is 3.32. The van der Waals surface area contributed by atoms with Crippen LogP contribution >= 0.6 is 11.3 Å². The molecule has 3 aromatic rings. The smallest absolute Gasteiger partial charge is 0.236 e. The highest BCUT2D eigenvalue weighted by Crippen LogP contribution is 2.26. The molecule has 28 heavy (non-hydrogen) atoms. The summed E-state index contributed by atoms with van der Waals surface area (Å²) < 4.78 is 5.67. The molecule has 0 aliphatic carbocycles. The molecule has 0 aliphatic rings. The Morgan fingerprint density at radius 1 is 1.14 bits per heavy atom. The van der Waals surface area contributed by atoms with E-state index in [4.69, 9.17) is 4.42 Å². The highest BCUT2D eigenvalue weighted by atomic mass is 32.1. The average molecular weight is 398 g/mol. The van der Waals surface area contributed by atoms with Crippen molar-refractivity contribution < 1.29 is 14.0 Å². The van der Waals surface area contributed by atoms with Gasteiger partial charge in [0.1, 0.15) is 5.76 Å². The lowest BCUT2D eigenvalue weighted by atomic mass is 10.2. The van der Waals surface area contributed by atoms with Crippen molar-refractivity contribution in [2.45, 2.75) is 39.7 Å². The fourth-order valence-electron chi connectivity index (χ4n) is 2.67. The molecule has 0 atom stereocenters. The summed E-state index contributed by atoms with van der Waals surface area (Å²) in [5.41, 5.74) is 2.36. The zero-order chi connectivity index (χ0) is 19.9. The van der Waals surface area contributed by atoms with Gasteiger partial charge >= 0.3 is 0 Å². The summed E-state index contributed by atoms with van der Waals surface area (Å²) in [4.78, 5) is 29.3. The lowest BCUT2D eigenvalue weighted by molar-refractivity contribution is -0.120. The molecule has 7 heteroatoms. The predicted molar refractivity (Wildman–Crippen MR) is 110 cm³/mol. The first kappa shape index (κ1) is 19.8. The summed E-state index contributed by atoms with van der Waals surface area (Å²) in [6.07, 6.45) is 1.50. The van der Waals surface area contributed by atoms with Crippen LogP contribution in [0.15, 0.2) is 46.2 Å². The fourth-order valence-corrected chi connectivity index (χ4v) is 3.32. The first-order valence-electron chi connectivity index (χ1n) is 9.21. The molecule has 0 fully saturated rings. The van der Waals surface area contributed by atoms with E-state index in [1.54, 1.807) is 11.3 Å². The standard InChI is InChI=1S/C21H23N3O3S/c1-3-5-19(25)23-16-9-7-15(8-10-16)13-22-20(26)12-17-14(2)27-21(24-17)18-6-4-11-28-18/h4,6-11H,3,5,12-13H2,1-2H3,(H,22,26)(H,23,25). The molecule has 146 valence electrons. The molecule has 3 rings (SSSR count). The molecular formula is C21H23N3O3S. The lowest BCUT2D eigenvalue weighted by Crippen LogP contribution is -2.25. The topological polar surface area (TPSA) is 84.2 Å². The Morgan fingerprint density at radius 2 is 1.93 bits per heavy atom. The highest BCUT2D eigenvalue weighted by Gasteiger charge is 2.15. The second-order valence-electron chi connectivity index (χ2n) is 6.45. The first-order chi connectivity index (χ1) is 13.5. The maximum Gasteiger partial charge on any atom is 0.236 e. The van der Waals surface area contributed by atoms with Gasteiger partial charge in [0.25, 0.3) is 0 Å². The molecule has 2 amide bonds. The summed E-state index contributed by atoms with van der Waals surface area (Å²) >= 11 is 1.55. The van der Waals surface area contributed by atoms with Gasteiger partial charge in [0, 0.05) is 18.7 Å². The molecule has 0 spiro atoms. The van der Waals surface area contributed by atoms with Gasteiger partial charge in [-0.05, 0) is 42.5 Å². The molecular weight excluding hydrogens is 374 g/mol. The van der Waals surface area contributed by atoms with E-state index in [1.807, 2.05) is 55.6 Å². The van der Waals surface area contributed by atoms with Crippen LogP contribution < -0.4 is 10.6 Å². The molecule has 6 nitrogen and oxygen atoms in total. The number of carbonyl (C=O) groups excluding carboxylic acids is 2. The number of aryl methyl sites for hydroxylation is 1. The van der Waals surface area contributed by atoms with Crippen molar-refractivity contribution >= 4 is 28.8 Å². The normalized spacial score (nSPS) is 10.6. The van der Waals surface area contributed by atoms with Crippen LogP contribution in [0.4, 0.5) is 5.69 Å². The molecule has 0 saturated carbocycles. The largest absolute Gasteiger partial charge is 0.440 e. The van der Waals surface area contributed by atoms with Gasteiger partial charge in [-0.15, -0.1) is 11.3 Å². The van der Waals surface area contributed by atoms with E-state index in [1.165, 1.54) is 0 Å². The highest BCUT2D eigenvalue weighted by molar-refractivity contribution is 7.13. The second-order valence-corrected chi connectivity index (χ2v) is 7.40. The molecule has 0 bridgehead atoms. The van der Waals surface area contributed by atoms with Crippen molar-refractivity contribution in [1.29, 1.82) is 0 Å². The number of nitrogens with one attached hydrogen (secondary N) is 2. The number of nitrogens with zero attached hydrogens (tertiary/aromatic N) is 1. The van der Waals surface area contributed by atoms with E-state index in [0.717, 1.165) is 22.5 Å². The zero-order valence-corrected chi connectivity index (χ0v) is 16.8. The number of benzene rings is 1. The van der Waals surface area contributed by atoms with Gasteiger partial charge in [-0.3, -0.25) is 9.59 Å². The Morgan fingerprint density at radius 3 is 2.61 bits per heavy atom. The maximum absolute atomic E-state index is 12.3. The molecule has 0 radical (unpaired) electrons. The van der Waals surface area contributed by atoms with Crippen molar-refractivity contribution in [1.82, 2.24) is 10.3 Å². The first-order valence-corrected chi connectivity index (χ1v) is 10.1. The van der Waals surface area contributed by atoms with Crippen LogP contribution in [-0.4, -0.2) is 16.8 Å². The second kappa shape index (κ2) is 9.32. The lowest BCUT2D eigenvalue weighted by Gasteiger charge is -2.07. The van der Waals surface area contributed by atoms with Crippen LogP contribution in [0.1, 0.15) is 36.8 Å². The number of carbonyl (C=O) groups is 2. The van der Waals surface area contributed by atoms with Gasteiger partial charge in [0.15, 0.2) is 0 Å². The Kier molecular flexibility index (Phi) is 6.60. The van der Waals surface area contributed by atoms with E-state index in [0.29, 0.717) is 30.3 Å². The van der Waals surface area contributed by atoms with Gasteiger partial charge in [0.2, 0.25) is 17.7 Å². The predicted octanol–water partition coefficient (Wildman–Crippen LogP) is 4.31. The van der Waals surface area contributed by atoms with Crippen LogP contribution in [0.25, 0.3) is 10.8 Å². The number of hydrogen-bond donors (Lipinski definition) is 2. The van der Waals surface area contributed by atoms with Crippen LogP contribution in [0.5, 0.6) is 0 Å². The summed E-state index contributed by atoms with van der Waals surface area (Å²) in [6, 6.07) is 11.3. The number of oxazole rings is 1. The quantitative estimate of drug-likeness (QED) is 0.593. The molecule has 2 heterocycles. The van der Waals surface area contributed by atoms with Gasteiger partial charge in [-0.2, -0.15) is 0 Å². The number of amides is 2. The minimum Gasteiger partial charge on any atom is -0.440 e. The number of hydrogen-bond acceptors (Lipinski definition) is 5. The molecule has 0 saturated heterocycles. The van der Waals surface area contributed by atoms with Gasteiger partial charge in [0.05, 0.1) is 17.0 Å². The van der Waals surface area contributed by atoms with Crippen molar-refractivity contribution in [3.8, 4) is 10.8 Å². The molecule has 0 unspecified atom stereocenters. The van der Waals surface area contributed by atoms with E-state index in [9.17, 15) is 9.59 Å². The third kappa shape index (κ3) is 5.29. The Labute approximate surface area is 168 Å². The minimum atomic E-state index is -0.116. The summed E-state index contributed by atoms with van der Waals surface area (Å²) in [7, 11) is 0. The minimum absolute atomic E-state index is 0.00783. The van der Waals surface area contributed by atoms with E-state index < -0.39 is 0 Å². The van der Waals surface area contributed by atoms with Crippen molar-refractivity contribution in [2.75, 3.05) is 5.32 Å². The van der Waals surface area contributed by atoms with Gasteiger partial charge in [-0.25, -0.2) is 4.98 Å². The molecule has 2 N–H and O–H groups in total. The number of rotatable bonds is 8. The number of aromatic nitrogens is 1.